The number of methoxy groups -OCH3 is 1. The molecule has 9 nitrogen and oxygen atoms in total. The Balaban J connectivity index is 1.52. The summed E-state index contributed by atoms with van der Waals surface area (Å²) in [6, 6.07) is 3.10. The lowest BCUT2D eigenvalue weighted by Gasteiger charge is -2.33. The van der Waals surface area contributed by atoms with Gasteiger partial charge in [0.15, 0.2) is 12.1 Å². The monoisotopic (exact) mass is 573 g/mol. The topological polar surface area (TPSA) is 108 Å². The van der Waals surface area contributed by atoms with Gasteiger partial charge in [0.05, 0.1) is 37.0 Å². The fourth-order valence-electron chi connectivity index (χ4n) is 5.78. The van der Waals surface area contributed by atoms with Gasteiger partial charge in [-0.25, -0.2) is 9.97 Å². The maximum atomic E-state index is 15.7. The van der Waals surface area contributed by atoms with Crippen LogP contribution in [0.3, 0.4) is 0 Å². The van der Waals surface area contributed by atoms with E-state index in [1.54, 1.807) is 39.0 Å². The van der Waals surface area contributed by atoms with Gasteiger partial charge in [0.25, 0.3) is 0 Å². The maximum Gasteiger partial charge on any atom is 0.312 e. The van der Waals surface area contributed by atoms with E-state index in [4.69, 9.17) is 14.2 Å². The molecule has 1 aromatic heterocycles. The third-order valence-corrected chi connectivity index (χ3v) is 8.44. The maximum absolute atomic E-state index is 15.7. The summed E-state index contributed by atoms with van der Waals surface area (Å²) < 4.78 is 48.3. The summed E-state index contributed by atoms with van der Waals surface area (Å²) in [5.74, 6) is -5.14. The number of aromatic nitrogens is 2. The molecule has 3 heterocycles. The van der Waals surface area contributed by atoms with Crippen LogP contribution < -0.4 is 9.47 Å². The minimum atomic E-state index is -3.70. The highest BCUT2D eigenvalue weighted by Gasteiger charge is 2.61. The van der Waals surface area contributed by atoms with Crippen LogP contribution in [0.2, 0.25) is 0 Å². The number of nitrogens with zero attached hydrogens (tertiary/aromatic N) is 3. The molecule has 1 saturated carbocycles. The molecular weight excluding hydrogens is 536 g/mol. The first-order chi connectivity index (χ1) is 19.4. The standard InChI is InChI=1S/C30H37F2N3O6/c1-29(2,3)19-14-26(37)40-23-12-17(23)8-6-5-7-9-21-27(34-22-13-18(39-4)10-11-20(22)33-21)41-25-15-35(28(19)38)24(16-36)30(25,31)32/h10-11,13,16-17,19,23-25H,5-9,12,14-15H2,1-4H3/t17-,19-,23-,24-,25+/m1/s1. The average Bonchev–Trinajstić information content (AvgIpc) is 3.59. The van der Waals surface area contributed by atoms with Gasteiger partial charge < -0.3 is 23.9 Å². The van der Waals surface area contributed by atoms with Crippen molar-refractivity contribution in [2.75, 3.05) is 13.7 Å². The highest BCUT2D eigenvalue weighted by Crippen LogP contribution is 2.42. The average molecular weight is 574 g/mol. The molecule has 2 bridgehead atoms. The van der Waals surface area contributed by atoms with Crippen molar-refractivity contribution in [3.63, 3.8) is 0 Å². The van der Waals surface area contributed by atoms with Crippen LogP contribution in [0.5, 0.6) is 11.6 Å². The molecule has 0 spiro atoms. The van der Waals surface area contributed by atoms with Gasteiger partial charge in [0.1, 0.15) is 23.8 Å². The fourth-order valence-corrected chi connectivity index (χ4v) is 5.78. The number of esters is 1. The Morgan fingerprint density at radius 2 is 1.88 bits per heavy atom. The number of hydrogen-bond donors (Lipinski definition) is 0. The number of carbonyl (C=O) groups is 3. The van der Waals surface area contributed by atoms with Crippen molar-refractivity contribution in [1.82, 2.24) is 14.9 Å². The summed E-state index contributed by atoms with van der Waals surface area (Å²) in [6.07, 6.45) is 2.49. The molecule has 3 aliphatic rings. The van der Waals surface area contributed by atoms with Crippen LogP contribution in [-0.2, 0) is 25.5 Å². The van der Waals surface area contributed by atoms with E-state index in [9.17, 15) is 14.4 Å². The molecule has 1 saturated heterocycles. The Morgan fingerprint density at radius 3 is 2.59 bits per heavy atom. The Morgan fingerprint density at radius 1 is 1.10 bits per heavy atom. The summed E-state index contributed by atoms with van der Waals surface area (Å²) in [4.78, 5) is 48.7. The SMILES string of the molecule is COc1ccc2nc3c(nc2c1)O[C@H]1CN(C(=O)[C@H](C(C)(C)C)CC(=O)O[C@@H]2C[C@H]2CCCCC3)[C@H](C=O)C1(F)F. The number of benzene rings is 1. The van der Waals surface area contributed by atoms with Gasteiger partial charge in [0, 0.05) is 6.07 Å². The largest absolute Gasteiger partial charge is 0.497 e. The molecule has 41 heavy (non-hydrogen) atoms. The van der Waals surface area contributed by atoms with Crippen molar-refractivity contribution in [3.8, 4) is 11.6 Å². The van der Waals surface area contributed by atoms with Gasteiger partial charge in [-0.1, -0.05) is 33.6 Å². The number of fused-ring (bicyclic) bond motifs is 5. The molecule has 5 rings (SSSR count). The summed E-state index contributed by atoms with van der Waals surface area (Å²) in [5, 5.41) is 0. The number of hydrogen-bond acceptors (Lipinski definition) is 8. The number of carbonyl (C=O) groups excluding carboxylic acids is 3. The smallest absolute Gasteiger partial charge is 0.312 e. The van der Waals surface area contributed by atoms with Gasteiger partial charge in [-0.2, -0.15) is 8.78 Å². The lowest BCUT2D eigenvalue weighted by molar-refractivity contribution is -0.155. The molecule has 2 aromatic rings. The van der Waals surface area contributed by atoms with Crippen molar-refractivity contribution >= 4 is 29.2 Å². The van der Waals surface area contributed by atoms with E-state index < -0.39 is 47.8 Å². The predicted octanol–water partition coefficient (Wildman–Crippen LogP) is 4.53. The van der Waals surface area contributed by atoms with Crippen molar-refractivity contribution in [3.05, 3.63) is 23.9 Å². The van der Waals surface area contributed by atoms with Crippen LogP contribution in [0.1, 0.15) is 65.0 Å². The third-order valence-electron chi connectivity index (χ3n) is 8.44. The summed E-state index contributed by atoms with van der Waals surface area (Å²) in [6.45, 7) is 4.74. The molecule has 0 unspecified atom stereocenters. The number of halogens is 2. The van der Waals surface area contributed by atoms with Crippen LogP contribution >= 0.6 is 0 Å². The number of amides is 1. The number of alkyl halides is 2. The number of aldehydes is 1. The minimum Gasteiger partial charge on any atom is -0.497 e. The second-order valence-corrected chi connectivity index (χ2v) is 12.4. The van der Waals surface area contributed by atoms with E-state index in [0.717, 1.165) is 37.0 Å². The predicted molar refractivity (Wildman–Crippen MR) is 145 cm³/mol. The summed E-state index contributed by atoms with van der Waals surface area (Å²) >= 11 is 0. The van der Waals surface area contributed by atoms with Crippen LogP contribution in [0, 0.1) is 17.3 Å². The van der Waals surface area contributed by atoms with Gasteiger partial charge >= 0.3 is 11.9 Å². The number of rotatable bonds is 2. The highest BCUT2D eigenvalue weighted by atomic mass is 19.3. The van der Waals surface area contributed by atoms with Crippen molar-refractivity contribution in [2.24, 2.45) is 17.3 Å². The molecule has 222 valence electrons. The van der Waals surface area contributed by atoms with Gasteiger partial charge in [-0.3, -0.25) is 9.59 Å². The number of aryl methyl sites for hydroxylation is 1. The molecule has 1 aliphatic carbocycles. The Kier molecular flexibility index (Phi) is 7.91. The zero-order chi connectivity index (χ0) is 29.5. The van der Waals surface area contributed by atoms with Crippen molar-refractivity contribution in [2.45, 2.75) is 89.9 Å². The Bertz CT molecular complexity index is 1330. The zero-order valence-electron chi connectivity index (χ0n) is 23.9. The van der Waals surface area contributed by atoms with Crippen LogP contribution in [0.25, 0.3) is 11.0 Å². The number of ether oxygens (including phenoxy) is 3. The molecule has 0 radical (unpaired) electrons. The van der Waals surface area contributed by atoms with Crippen LogP contribution in [-0.4, -0.2) is 70.9 Å². The molecule has 5 atom stereocenters. The minimum absolute atomic E-state index is 0.0475. The van der Waals surface area contributed by atoms with Crippen LogP contribution in [0.15, 0.2) is 18.2 Å². The quantitative estimate of drug-likeness (QED) is 0.381. The molecule has 2 fully saturated rings. The van der Waals surface area contributed by atoms with E-state index in [0.29, 0.717) is 28.9 Å². The van der Waals surface area contributed by atoms with Gasteiger partial charge in [-0.05, 0) is 49.1 Å². The third kappa shape index (κ3) is 5.99. The molecule has 2 aliphatic heterocycles. The normalized spacial score (nSPS) is 28.9. The van der Waals surface area contributed by atoms with E-state index in [1.165, 1.54) is 7.11 Å². The van der Waals surface area contributed by atoms with E-state index >= 15 is 8.78 Å². The van der Waals surface area contributed by atoms with E-state index in [1.807, 2.05) is 0 Å². The summed E-state index contributed by atoms with van der Waals surface area (Å²) in [5.41, 5.74) is 0.680. The van der Waals surface area contributed by atoms with Crippen molar-refractivity contribution < 1.29 is 37.4 Å². The lowest BCUT2D eigenvalue weighted by Crippen LogP contribution is -2.49. The summed E-state index contributed by atoms with van der Waals surface area (Å²) in [7, 11) is 1.51. The van der Waals surface area contributed by atoms with Gasteiger partial charge in [-0.15, -0.1) is 0 Å². The van der Waals surface area contributed by atoms with E-state index in [2.05, 4.69) is 9.97 Å². The van der Waals surface area contributed by atoms with Gasteiger partial charge in [0.2, 0.25) is 11.8 Å². The fraction of sp³-hybridized carbons (Fsp3) is 0.633. The first kappa shape index (κ1) is 29.1. The lowest BCUT2D eigenvalue weighted by atomic mass is 9.77. The van der Waals surface area contributed by atoms with E-state index in [-0.39, 0.29) is 30.6 Å². The van der Waals surface area contributed by atoms with Crippen molar-refractivity contribution in [1.29, 1.82) is 0 Å². The second kappa shape index (κ2) is 11.1. The highest BCUT2D eigenvalue weighted by molar-refractivity contribution is 5.87. The first-order valence-electron chi connectivity index (χ1n) is 14.3. The Hall–Kier alpha value is -3.37. The van der Waals surface area contributed by atoms with Crippen LogP contribution in [0.4, 0.5) is 8.78 Å². The molecular formula is C30H37F2N3O6. The second-order valence-electron chi connectivity index (χ2n) is 12.4. The Labute approximate surface area is 237 Å². The molecule has 11 heteroatoms. The molecule has 1 aromatic carbocycles. The first-order valence-corrected chi connectivity index (χ1v) is 14.3. The zero-order valence-corrected chi connectivity index (χ0v) is 23.9. The molecule has 1 amide bonds. The molecule has 0 N–H and O–H groups in total.